The molecule has 0 unspecified atom stereocenters. The molecule has 9 heteroatoms. The molecule has 0 radical (unpaired) electrons. The van der Waals surface area contributed by atoms with Crippen LogP contribution in [0.25, 0.3) is 10.9 Å². The van der Waals surface area contributed by atoms with Gasteiger partial charge in [0.25, 0.3) is 5.56 Å². The molecule has 1 aliphatic rings. The highest BCUT2D eigenvalue weighted by Crippen LogP contribution is 2.24. The first-order chi connectivity index (χ1) is 12.7. The maximum absolute atomic E-state index is 12.7. The van der Waals surface area contributed by atoms with Crippen molar-refractivity contribution >= 4 is 38.4 Å². The fraction of sp³-hybridized carbons (Fsp3) is 0.500. The first-order valence-electron chi connectivity index (χ1n) is 8.87. The third-order valence-electron chi connectivity index (χ3n) is 4.55. The van der Waals surface area contributed by atoms with E-state index in [1.807, 2.05) is 13.0 Å². The van der Waals surface area contributed by atoms with Crippen molar-refractivity contribution in [2.45, 2.75) is 43.9 Å². The Balaban J connectivity index is 1.77. The van der Waals surface area contributed by atoms with E-state index in [9.17, 15) is 18.0 Å². The van der Waals surface area contributed by atoms with E-state index < -0.39 is 15.4 Å². The molecule has 3 rings (SSSR count). The predicted octanol–water partition coefficient (Wildman–Crippen LogP) is 1.59. The second kappa shape index (κ2) is 7.63. The van der Waals surface area contributed by atoms with Crippen LogP contribution in [0.5, 0.6) is 0 Å². The Kier molecular flexibility index (Phi) is 5.62. The van der Waals surface area contributed by atoms with Crippen molar-refractivity contribution in [1.82, 2.24) is 14.9 Å². The van der Waals surface area contributed by atoms with Gasteiger partial charge in [-0.15, -0.1) is 0 Å². The molecule has 2 heterocycles. The van der Waals surface area contributed by atoms with Crippen LogP contribution < -0.4 is 10.9 Å². The summed E-state index contributed by atoms with van der Waals surface area (Å²) >= 11 is 1.20. The molecule has 27 heavy (non-hydrogen) atoms. The molecular formula is C18H23N3O4S2. The zero-order valence-electron chi connectivity index (χ0n) is 15.4. The summed E-state index contributed by atoms with van der Waals surface area (Å²) < 4.78 is 25.0. The van der Waals surface area contributed by atoms with E-state index in [1.54, 1.807) is 29.7 Å². The highest BCUT2D eigenvalue weighted by Gasteiger charge is 2.39. The van der Waals surface area contributed by atoms with Crippen LogP contribution in [0.2, 0.25) is 0 Å². The third-order valence-corrected chi connectivity index (χ3v) is 7.43. The first kappa shape index (κ1) is 19.9. The Morgan fingerprint density at radius 2 is 2.11 bits per heavy atom. The Bertz CT molecular complexity index is 1030. The van der Waals surface area contributed by atoms with E-state index in [-0.39, 0.29) is 28.7 Å². The van der Waals surface area contributed by atoms with Crippen LogP contribution in [-0.2, 0) is 21.2 Å². The van der Waals surface area contributed by atoms with Crippen molar-refractivity contribution in [3.63, 3.8) is 0 Å². The van der Waals surface area contributed by atoms with Crippen molar-refractivity contribution in [1.29, 1.82) is 0 Å². The Morgan fingerprint density at radius 1 is 1.37 bits per heavy atom. The third kappa shape index (κ3) is 4.52. The second-order valence-electron chi connectivity index (χ2n) is 7.11. The maximum atomic E-state index is 12.7. The fourth-order valence-electron chi connectivity index (χ4n) is 3.29. The Morgan fingerprint density at radius 3 is 2.78 bits per heavy atom. The highest BCUT2D eigenvalue weighted by molar-refractivity contribution is 7.99. The van der Waals surface area contributed by atoms with E-state index in [2.05, 4.69) is 10.3 Å². The lowest BCUT2D eigenvalue weighted by Gasteiger charge is -2.23. The smallest absolute Gasteiger partial charge is 0.262 e. The number of para-hydroxylation sites is 1. The number of rotatable bonds is 6. The fourth-order valence-corrected chi connectivity index (χ4v) is 6.21. The number of hydrogen-bond acceptors (Lipinski definition) is 6. The summed E-state index contributed by atoms with van der Waals surface area (Å²) in [5.41, 5.74) is -0.234. The van der Waals surface area contributed by atoms with Gasteiger partial charge in [0.15, 0.2) is 15.0 Å². The molecule has 1 saturated heterocycles. The van der Waals surface area contributed by atoms with E-state index in [4.69, 9.17) is 0 Å². The average Bonchev–Trinajstić information content (AvgIpc) is 2.88. The largest absolute Gasteiger partial charge is 0.349 e. The van der Waals surface area contributed by atoms with Gasteiger partial charge in [-0.2, -0.15) is 0 Å². The molecule has 7 nitrogen and oxygen atoms in total. The van der Waals surface area contributed by atoms with Gasteiger partial charge in [-0.1, -0.05) is 30.8 Å². The van der Waals surface area contributed by atoms with Crippen molar-refractivity contribution < 1.29 is 13.2 Å². The molecule has 146 valence electrons. The van der Waals surface area contributed by atoms with Gasteiger partial charge in [-0.3, -0.25) is 14.2 Å². The average molecular weight is 410 g/mol. The Hall–Kier alpha value is -1.87. The topological polar surface area (TPSA) is 98.1 Å². The van der Waals surface area contributed by atoms with E-state index >= 15 is 0 Å². The zero-order chi connectivity index (χ0) is 19.7. The molecule has 0 saturated carbocycles. The van der Waals surface area contributed by atoms with Crippen LogP contribution in [-0.4, -0.2) is 46.7 Å². The molecule has 1 aromatic heterocycles. The number of nitrogens with one attached hydrogen (secondary N) is 1. The van der Waals surface area contributed by atoms with Gasteiger partial charge in [0.2, 0.25) is 5.91 Å². The maximum Gasteiger partial charge on any atom is 0.262 e. The molecule has 1 aliphatic heterocycles. The van der Waals surface area contributed by atoms with Crippen LogP contribution in [0.3, 0.4) is 0 Å². The van der Waals surface area contributed by atoms with Crippen molar-refractivity contribution in [2.24, 2.45) is 0 Å². The quantitative estimate of drug-likeness (QED) is 0.575. The first-order valence-corrected chi connectivity index (χ1v) is 11.7. The zero-order valence-corrected chi connectivity index (χ0v) is 17.0. The highest BCUT2D eigenvalue weighted by atomic mass is 32.2. The minimum Gasteiger partial charge on any atom is -0.349 e. The van der Waals surface area contributed by atoms with Crippen molar-refractivity contribution in [2.75, 3.05) is 17.3 Å². The number of sulfone groups is 1. The molecule has 0 bridgehead atoms. The summed E-state index contributed by atoms with van der Waals surface area (Å²) in [5.74, 6) is -0.126. The molecule has 1 amide bonds. The van der Waals surface area contributed by atoms with E-state index in [0.29, 0.717) is 29.0 Å². The number of benzene rings is 1. The molecule has 1 atom stereocenters. The number of carbonyl (C=O) groups excluding carboxylic acids is 1. The summed E-state index contributed by atoms with van der Waals surface area (Å²) in [6, 6.07) is 7.15. The summed E-state index contributed by atoms with van der Waals surface area (Å²) in [5, 5.41) is 3.89. The molecule has 0 aliphatic carbocycles. The van der Waals surface area contributed by atoms with Crippen molar-refractivity contribution in [3.05, 3.63) is 34.6 Å². The van der Waals surface area contributed by atoms with Gasteiger partial charge in [-0.05, 0) is 31.9 Å². The lowest BCUT2D eigenvalue weighted by atomic mass is 10.0. The molecule has 1 aromatic carbocycles. The summed E-state index contributed by atoms with van der Waals surface area (Å²) in [6.07, 6.45) is 1.19. The van der Waals surface area contributed by atoms with Crippen LogP contribution in [0, 0.1) is 0 Å². The summed E-state index contributed by atoms with van der Waals surface area (Å²) in [6.45, 7) is 4.25. The van der Waals surface area contributed by atoms with Crippen LogP contribution >= 0.6 is 11.8 Å². The van der Waals surface area contributed by atoms with Gasteiger partial charge >= 0.3 is 0 Å². The normalized spacial score (nSPS) is 21.4. The molecule has 1 fully saturated rings. The monoisotopic (exact) mass is 409 g/mol. The summed E-state index contributed by atoms with van der Waals surface area (Å²) in [7, 11) is -3.09. The van der Waals surface area contributed by atoms with E-state index in [0.717, 1.165) is 6.42 Å². The van der Waals surface area contributed by atoms with Crippen molar-refractivity contribution in [3.8, 4) is 0 Å². The standard InChI is InChI=1S/C18H23N3O4S2/c1-3-9-21-16(23)13-6-4-5-7-14(13)19-17(21)26-11-15(22)20-18(2)8-10-27(24,25)12-18/h4-7H,3,8-12H2,1-2H3,(H,20,22)/t18-/m0/s1. The number of fused-ring (bicyclic) bond motifs is 1. The number of aromatic nitrogens is 2. The number of amides is 1. The van der Waals surface area contributed by atoms with Gasteiger partial charge in [0, 0.05) is 6.54 Å². The van der Waals surface area contributed by atoms with Gasteiger partial charge < -0.3 is 5.32 Å². The van der Waals surface area contributed by atoms with Gasteiger partial charge in [-0.25, -0.2) is 13.4 Å². The summed E-state index contributed by atoms with van der Waals surface area (Å²) in [4.78, 5) is 29.6. The Labute approximate surface area is 162 Å². The number of carbonyl (C=O) groups is 1. The predicted molar refractivity (Wildman–Crippen MR) is 107 cm³/mol. The van der Waals surface area contributed by atoms with Crippen LogP contribution in [0.15, 0.2) is 34.2 Å². The SMILES string of the molecule is CCCn1c(SCC(=O)N[C@@]2(C)CCS(=O)(=O)C2)nc2ccccc2c1=O. The molecule has 0 spiro atoms. The molecule has 2 aromatic rings. The number of thioether (sulfide) groups is 1. The molecule has 1 N–H and O–H groups in total. The minimum atomic E-state index is -3.09. The molecular weight excluding hydrogens is 386 g/mol. The van der Waals surface area contributed by atoms with Crippen LogP contribution in [0.4, 0.5) is 0 Å². The number of nitrogens with zero attached hydrogens (tertiary/aromatic N) is 2. The minimum absolute atomic E-state index is 0.0365. The van der Waals surface area contributed by atoms with Crippen LogP contribution in [0.1, 0.15) is 26.7 Å². The lowest BCUT2D eigenvalue weighted by molar-refractivity contribution is -0.120. The second-order valence-corrected chi connectivity index (χ2v) is 10.2. The van der Waals surface area contributed by atoms with E-state index in [1.165, 1.54) is 11.8 Å². The van der Waals surface area contributed by atoms with Gasteiger partial charge in [0.05, 0.1) is 33.7 Å². The van der Waals surface area contributed by atoms with Gasteiger partial charge in [0.1, 0.15) is 0 Å². The lowest BCUT2D eigenvalue weighted by Crippen LogP contribution is -2.47. The number of hydrogen-bond donors (Lipinski definition) is 1.